The van der Waals surface area contributed by atoms with Gasteiger partial charge in [0, 0.05) is 18.5 Å². The molecule has 0 radical (unpaired) electrons. The molecular formula is C24H21N3O6. The molecule has 3 N–H and O–H groups in total. The Bertz CT molecular complexity index is 1170. The number of fused-ring (bicyclic) bond motifs is 3. The number of carboxylic acid groups (broad SMARTS) is 1. The molecule has 1 aliphatic carbocycles. The molecule has 9 heteroatoms. The van der Waals surface area contributed by atoms with Gasteiger partial charge in [-0.3, -0.25) is 4.79 Å². The lowest BCUT2D eigenvalue weighted by molar-refractivity contribution is -0.131. The van der Waals surface area contributed by atoms with Gasteiger partial charge in [-0.1, -0.05) is 54.6 Å². The highest BCUT2D eigenvalue weighted by molar-refractivity contribution is 5.93. The molecule has 0 aliphatic heterocycles. The first-order valence-electron chi connectivity index (χ1n) is 10.2. The topological polar surface area (TPSA) is 131 Å². The average Bonchev–Trinajstić information content (AvgIpc) is 3.42. The van der Waals surface area contributed by atoms with E-state index in [1.54, 1.807) is 0 Å². The summed E-state index contributed by atoms with van der Waals surface area (Å²) in [5, 5.41) is 13.6. The van der Waals surface area contributed by atoms with Crippen molar-refractivity contribution in [2.75, 3.05) is 13.2 Å². The summed E-state index contributed by atoms with van der Waals surface area (Å²) in [7, 11) is 0. The molecule has 168 valence electrons. The molecule has 4 rings (SSSR count). The molecule has 9 nitrogen and oxygen atoms in total. The van der Waals surface area contributed by atoms with Crippen molar-refractivity contribution in [3.8, 4) is 11.1 Å². The van der Waals surface area contributed by atoms with Crippen LogP contribution in [0.5, 0.6) is 0 Å². The van der Waals surface area contributed by atoms with Crippen molar-refractivity contribution in [1.82, 2.24) is 15.6 Å². The van der Waals surface area contributed by atoms with Crippen LogP contribution in [-0.4, -0.2) is 41.2 Å². The summed E-state index contributed by atoms with van der Waals surface area (Å²) in [6.45, 7) is 0.0845. The van der Waals surface area contributed by atoms with Gasteiger partial charge in [-0.2, -0.15) is 0 Å². The number of aliphatic carboxylic acids is 1. The first kappa shape index (κ1) is 21.8. The lowest BCUT2D eigenvalue weighted by atomic mass is 9.98. The van der Waals surface area contributed by atoms with Crippen molar-refractivity contribution >= 4 is 18.0 Å². The van der Waals surface area contributed by atoms with E-state index in [2.05, 4.69) is 27.8 Å². The van der Waals surface area contributed by atoms with Gasteiger partial charge < -0.3 is 24.9 Å². The van der Waals surface area contributed by atoms with Crippen LogP contribution in [0.4, 0.5) is 4.79 Å². The standard InChI is InChI=1S/C24H21N3O6/c28-21(29)10-5-11-25-23(30)22-20(33-14-27-22)12-26-24(31)32-13-19-17-8-3-1-6-15(17)16-7-2-4-9-18(16)19/h1-10,14,19H,11-13H2,(H,25,30)(H,26,31)(H,28,29)/b10-5+. The number of hydrogen-bond donors (Lipinski definition) is 3. The summed E-state index contributed by atoms with van der Waals surface area (Å²) in [6, 6.07) is 16.1. The van der Waals surface area contributed by atoms with Crippen molar-refractivity contribution in [1.29, 1.82) is 0 Å². The Morgan fingerprint density at radius 2 is 1.70 bits per heavy atom. The molecule has 0 saturated carbocycles. The van der Waals surface area contributed by atoms with Crippen LogP contribution in [0.2, 0.25) is 0 Å². The van der Waals surface area contributed by atoms with Gasteiger partial charge >= 0.3 is 12.1 Å². The molecule has 0 atom stereocenters. The Morgan fingerprint density at radius 1 is 1.03 bits per heavy atom. The molecule has 0 fully saturated rings. The van der Waals surface area contributed by atoms with E-state index in [0.717, 1.165) is 34.7 Å². The molecule has 0 unspecified atom stereocenters. The van der Waals surface area contributed by atoms with E-state index in [0.29, 0.717) is 0 Å². The van der Waals surface area contributed by atoms with Gasteiger partial charge in [-0.15, -0.1) is 0 Å². The third-order valence-electron chi connectivity index (χ3n) is 5.23. The van der Waals surface area contributed by atoms with E-state index in [9.17, 15) is 14.4 Å². The fourth-order valence-electron chi connectivity index (χ4n) is 3.78. The first-order chi connectivity index (χ1) is 16.0. The second-order valence-corrected chi connectivity index (χ2v) is 7.25. The van der Waals surface area contributed by atoms with Gasteiger partial charge in [-0.05, 0) is 22.3 Å². The highest BCUT2D eigenvalue weighted by Gasteiger charge is 2.29. The van der Waals surface area contributed by atoms with E-state index < -0.39 is 18.0 Å². The maximum atomic E-state index is 12.3. The number of carboxylic acids is 1. The van der Waals surface area contributed by atoms with E-state index >= 15 is 0 Å². The Labute approximate surface area is 189 Å². The van der Waals surface area contributed by atoms with Gasteiger partial charge in [0.05, 0.1) is 6.54 Å². The maximum absolute atomic E-state index is 12.3. The van der Waals surface area contributed by atoms with Crippen LogP contribution >= 0.6 is 0 Å². The number of nitrogens with zero attached hydrogens (tertiary/aromatic N) is 1. The number of carbonyl (C=O) groups is 3. The molecule has 33 heavy (non-hydrogen) atoms. The number of rotatable bonds is 8. The summed E-state index contributed by atoms with van der Waals surface area (Å²) in [4.78, 5) is 38.8. The number of aromatic nitrogens is 1. The van der Waals surface area contributed by atoms with Crippen molar-refractivity contribution in [3.63, 3.8) is 0 Å². The number of alkyl carbamates (subject to hydrolysis) is 1. The Morgan fingerprint density at radius 3 is 2.36 bits per heavy atom. The highest BCUT2D eigenvalue weighted by Crippen LogP contribution is 2.44. The molecule has 0 bridgehead atoms. The van der Waals surface area contributed by atoms with E-state index in [1.807, 2.05) is 36.4 Å². The minimum Gasteiger partial charge on any atom is -0.478 e. The van der Waals surface area contributed by atoms with E-state index in [4.69, 9.17) is 14.3 Å². The Balaban J connectivity index is 1.32. The SMILES string of the molecule is O=C(O)/C=C/CNC(=O)c1ncoc1CNC(=O)OCC1c2ccccc2-c2ccccc21. The summed E-state index contributed by atoms with van der Waals surface area (Å²) in [5.74, 6) is -1.57. The third-order valence-corrected chi connectivity index (χ3v) is 5.23. The van der Waals surface area contributed by atoms with Gasteiger partial charge in [0.1, 0.15) is 6.61 Å². The van der Waals surface area contributed by atoms with Crippen molar-refractivity contribution in [2.24, 2.45) is 0 Å². The number of amides is 2. The summed E-state index contributed by atoms with van der Waals surface area (Å²) in [6.07, 6.45) is 2.65. The van der Waals surface area contributed by atoms with Crippen LogP contribution in [0.1, 0.15) is 33.3 Å². The van der Waals surface area contributed by atoms with Gasteiger partial charge in [0.2, 0.25) is 0 Å². The van der Waals surface area contributed by atoms with Gasteiger partial charge in [-0.25, -0.2) is 14.6 Å². The largest absolute Gasteiger partial charge is 0.478 e. The smallest absolute Gasteiger partial charge is 0.407 e. The molecular weight excluding hydrogens is 426 g/mol. The molecule has 0 spiro atoms. The molecule has 1 aromatic heterocycles. The van der Waals surface area contributed by atoms with Crippen LogP contribution in [0, 0.1) is 0 Å². The Kier molecular flexibility index (Phi) is 6.49. The lowest BCUT2D eigenvalue weighted by Crippen LogP contribution is -2.28. The normalized spacial score (nSPS) is 12.2. The molecule has 3 aromatic rings. The highest BCUT2D eigenvalue weighted by atomic mass is 16.5. The van der Waals surface area contributed by atoms with Crippen molar-refractivity contribution in [2.45, 2.75) is 12.5 Å². The minimum absolute atomic E-state index is 0.00215. The fraction of sp³-hybridized carbons (Fsp3) is 0.167. The van der Waals surface area contributed by atoms with Crippen molar-refractivity contribution < 1.29 is 28.6 Å². The second-order valence-electron chi connectivity index (χ2n) is 7.25. The zero-order valence-electron chi connectivity index (χ0n) is 17.5. The van der Waals surface area contributed by atoms with E-state index in [1.165, 1.54) is 6.08 Å². The van der Waals surface area contributed by atoms with Crippen molar-refractivity contribution in [3.05, 3.63) is 89.7 Å². The number of carbonyl (C=O) groups excluding carboxylic acids is 2. The molecule has 1 heterocycles. The maximum Gasteiger partial charge on any atom is 0.407 e. The minimum atomic E-state index is -1.11. The molecule has 2 amide bonds. The average molecular weight is 447 g/mol. The fourth-order valence-corrected chi connectivity index (χ4v) is 3.78. The zero-order chi connectivity index (χ0) is 23.2. The number of hydrogen-bond acceptors (Lipinski definition) is 6. The molecule has 0 saturated heterocycles. The van der Waals surface area contributed by atoms with Gasteiger partial charge in [0.15, 0.2) is 17.8 Å². The van der Waals surface area contributed by atoms with Crippen LogP contribution in [0.3, 0.4) is 0 Å². The molecule has 1 aliphatic rings. The number of nitrogens with one attached hydrogen (secondary N) is 2. The van der Waals surface area contributed by atoms with Gasteiger partial charge in [0.25, 0.3) is 5.91 Å². The summed E-state index contributed by atoms with van der Waals surface area (Å²) < 4.78 is 10.7. The van der Waals surface area contributed by atoms with Crippen LogP contribution in [-0.2, 0) is 16.1 Å². The third kappa shape index (κ3) is 4.93. The number of benzene rings is 2. The predicted octanol–water partition coefficient (Wildman–Crippen LogP) is 3.08. The second kappa shape index (κ2) is 9.82. The van der Waals surface area contributed by atoms with Crippen LogP contribution in [0.25, 0.3) is 11.1 Å². The Hall–Kier alpha value is -4.40. The number of oxazole rings is 1. The quantitative estimate of drug-likeness (QED) is 0.452. The van der Waals surface area contributed by atoms with Crippen LogP contribution < -0.4 is 10.6 Å². The predicted molar refractivity (Wildman–Crippen MR) is 118 cm³/mol. The summed E-state index contributed by atoms with van der Waals surface area (Å²) in [5.41, 5.74) is 4.49. The summed E-state index contributed by atoms with van der Waals surface area (Å²) >= 11 is 0. The first-order valence-corrected chi connectivity index (χ1v) is 10.2. The lowest BCUT2D eigenvalue weighted by Gasteiger charge is -2.14. The zero-order valence-corrected chi connectivity index (χ0v) is 17.5. The van der Waals surface area contributed by atoms with E-state index in [-0.39, 0.29) is 37.1 Å². The number of ether oxygens (including phenoxy) is 1. The molecule has 2 aromatic carbocycles. The monoisotopic (exact) mass is 447 g/mol. The van der Waals surface area contributed by atoms with Crippen LogP contribution in [0.15, 0.2) is 71.5 Å².